The highest BCUT2D eigenvalue weighted by molar-refractivity contribution is 6.38. The Bertz CT molecular complexity index is 800. The zero-order valence-electron chi connectivity index (χ0n) is 10.7. The highest BCUT2D eigenvalue weighted by atomic mass is 35.5. The van der Waals surface area contributed by atoms with Crippen LogP contribution < -0.4 is 10.9 Å². The fraction of sp³-hybridized carbons (Fsp3) is 0. The van der Waals surface area contributed by atoms with Crippen LogP contribution >= 0.6 is 11.6 Å². The van der Waals surface area contributed by atoms with E-state index in [-0.39, 0.29) is 5.69 Å². The molecule has 7 heteroatoms. The van der Waals surface area contributed by atoms with Crippen molar-refractivity contribution in [1.82, 2.24) is 15.4 Å². The maximum atomic E-state index is 12.7. The number of carbonyl (C=O) groups is 1. The van der Waals surface area contributed by atoms with Gasteiger partial charge in [-0.3, -0.25) is 15.6 Å². The molecule has 0 saturated carbocycles. The number of H-pyrrole nitrogens is 1. The number of fused-ring (bicyclic) bond motifs is 1. The van der Waals surface area contributed by atoms with E-state index in [1.54, 1.807) is 0 Å². The molecule has 21 heavy (non-hydrogen) atoms. The Balaban J connectivity index is 1.78. The molecule has 2 aromatic heterocycles. The standard InChI is InChI=1S/C14H10ClFN4O/c15-12-9-3-1-2-4-10(9)18-13(12)14(21)20-19-8-5-6-11(16)17-7-8/h1-7,18-19H,(H,20,21). The second-order valence-electron chi connectivity index (χ2n) is 4.31. The first-order valence-corrected chi connectivity index (χ1v) is 6.47. The Morgan fingerprint density at radius 2 is 2.05 bits per heavy atom. The summed E-state index contributed by atoms with van der Waals surface area (Å²) in [6.07, 6.45) is 1.27. The van der Waals surface area contributed by atoms with Gasteiger partial charge >= 0.3 is 0 Å². The van der Waals surface area contributed by atoms with Gasteiger partial charge in [0.2, 0.25) is 5.95 Å². The molecule has 0 saturated heterocycles. The monoisotopic (exact) mass is 304 g/mol. The van der Waals surface area contributed by atoms with E-state index in [0.29, 0.717) is 10.7 Å². The molecule has 0 atom stereocenters. The lowest BCUT2D eigenvalue weighted by molar-refractivity contribution is 0.0958. The number of carbonyl (C=O) groups excluding carboxylic acids is 1. The number of para-hydroxylation sites is 1. The number of benzene rings is 1. The Morgan fingerprint density at radius 3 is 2.76 bits per heavy atom. The molecule has 5 nitrogen and oxygen atoms in total. The van der Waals surface area contributed by atoms with Crippen LogP contribution in [-0.4, -0.2) is 15.9 Å². The average Bonchev–Trinajstić information content (AvgIpc) is 2.84. The first kappa shape index (κ1) is 13.4. The van der Waals surface area contributed by atoms with Crippen LogP contribution in [0.3, 0.4) is 0 Å². The molecule has 0 fully saturated rings. The third kappa shape index (κ3) is 2.66. The Morgan fingerprint density at radius 1 is 1.24 bits per heavy atom. The lowest BCUT2D eigenvalue weighted by Gasteiger charge is -2.07. The van der Waals surface area contributed by atoms with Gasteiger partial charge in [-0.2, -0.15) is 4.39 Å². The molecule has 0 radical (unpaired) electrons. The number of amides is 1. The number of nitrogens with zero attached hydrogens (tertiary/aromatic N) is 1. The number of hydrogen-bond donors (Lipinski definition) is 3. The molecule has 0 bridgehead atoms. The van der Waals surface area contributed by atoms with Crippen molar-refractivity contribution in [3.63, 3.8) is 0 Å². The number of nitrogens with one attached hydrogen (secondary N) is 3. The van der Waals surface area contributed by atoms with Gasteiger partial charge in [0.05, 0.1) is 16.9 Å². The van der Waals surface area contributed by atoms with Crippen LogP contribution in [0.1, 0.15) is 10.5 Å². The van der Waals surface area contributed by atoms with E-state index in [1.807, 2.05) is 24.3 Å². The molecule has 0 aliphatic carbocycles. The van der Waals surface area contributed by atoms with Crippen LogP contribution in [0.15, 0.2) is 42.6 Å². The van der Waals surface area contributed by atoms with Gasteiger partial charge in [0.15, 0.2) is 0 Å². The zero-order valence-corrected chi connectivity index (χ0v) is 11.4. The molecule has 0 spiro atoms. The van der Waals surface area contributed by atoms with E-state index in [9.17, 15) is 9.18 Å². The number of hydrazine groups is 1. The summed E-state index contributed by atoms with van der Waals surface area (Å²) >= 11 is 6.17. The van der Waals surface area contributed by atoms with Crippen molar-refractivity contribution in [2.24, 2.45) is 0 Å². The number of anilines is 1. The van der Waals surface area contributed by atoms with E-state index in [2.05, 4.69) is 20.8 Å². The number of aromatic amines is 1. The fourth-order valence-electron chi connectivity index (χ4n) is 1.91. The zero-order chi connectivity index (χ0) is 14.8. The summed E-state index contributed by atoms with van der Waals surface area (Å²) in [5, 5.41) is 1.12. The van der Waals surface area contributed by atoms with E-state index >= 15 is 0 Å². The molecule has 0 aliphatic rings. The summed E-state index contributed by atoms with van der Waals surface area (Å²) in [5.74, 6) is -1.02. The third-order valence-corrected chi connectivity index (χ3v) is 3.31. The maximum absolute atomic E-state index is 12.7. The minimum atomic E-state index is -0.592. The summed E-state index contributed by atoms with van der Waals surface area (Å²) in [4.78, 5) is 18.5. The summed E-state index contributed by atoms with van der Waals surface area (Å²) in [6.45, 7) is 0. The quantitative estimate of drug-likeness (QED) is 0.514. The van der Waals surface area contributed by atoms with Gasteiger partial charge in [-0.1, -0.05) is 29.8 Å². The van der Waals surface area contributed by atoms with Crippen molar-refractivity contribution in [3.8, 4) is 0 Å². The van der Waals surface area contributed by atoms with Crippen molar-refractivity contribution in [2.75, 3.05) is 5.43 Å². The molecule has 1 amide bonds. The number of hydrogen-bond acceptors (Lipinski definition) is 3. The van der Waals surface area contributed by atoms with Crippen molar-refractivity contribution in [2.45, 2.75) is 0 Å². The topological polar surface area (TPSA) is 69.8 Å². The van der Waals surface area contributed by atoms with Gasteiger partial charge in [0, 0.05) is 10.9 Å². The maximum Gasteiger partial charge on any atom is 0.287 e. The Kier molecular flexibility index (Phi) is 3.45. The second kappa shape index (κ2) is 5.41. The number of rotatable bonds is 3. The predicted molar refractivity (Wildman–Crippen MR) is 78.6 cm³/mol. The Labute approximate surface area is 124 Å². The highest BCUT2D eigenvalue weighted by Crippen LogP contribution is 2.26. The normalized spacial score (nSPS) is 10.6. The minimum Gasteiger partial charge on any atom is -0.349 e. The highest BCUT2D eigenvalue weighted by Gasteiger charge is 2.15. The van der Waals surface area contributed by atoms with Crippen LogP contribution in [0.5, 0.6) is 0 Å². The van der Waals surface area contributed by atoms with Gasteiger partial charge in [-0.15, -0.1) is 0 Å². The third-order valence-electron chi connectivity index (χ3n) is 2.92. The lowest BCUT2D eigenvalue weighted by Crippen LogP contribution is -2.29. The molecule has 1 aromatic carbocycles. The first-order chi connectivity index (χ1) is 10.1. The van der Waals surface area contributed by atoms with Gasteiger partial charge in [0.1, 0.15) is 5.69 Å². The fourth-order valence-corrected chi connectivity index (χ4v) is 2.20. The Hall–Kier alpha value is -2.60. The van der Waals surface area contributed by atoms with Crippen molar-refractivity contribution >= 4 is 34.1 Å². The van der Waals surface area contributed by atoms with E-state index in [0.717, 1.165) is 10.9 Å². The van der Waals surface area contributed by atoms with Crippen LogP contribution in [0.25, 0.3) is 10.9 Å². The summed E-state index contributed by atoms with van der Waals surface area (Å²) in [5.41, 5.74) is 6.58. The molecule has 3 N–H and O–H groups in total. The predicted octanol–water partition coefficient (Wildman–Crippen LogP) is 3.11. The van der Waals surface area contributed by atoms with Crippen LogP contribution in [0.2, 0.25) is 5.02 Å². The molecular weight excluding hydrogens is 295 g/mol. The van der Waals surface area contributed by atoms with Gasteiger partial charge < -0.3 is 4.98 Å². The summed E-state index contributed by atoms with van der Waals surface area (Å²) < 4.78 is 12.7. The number of pyridine rings is 1. The van der Waals surface area contributed by atoms with E-state index in [1.165, 1.54) is 18.3 Å². The van der Waals surface area contributed by atoms with Crippen molar-refractivity contribution in [3.05, 3.63) is 59.3 Å². The molecule has 3 rings (SSSR count). The SMILES string of the molecule is O=C(NNc1ccc(F)nc1)c1[nH]c2ccccc2c1Cl. The van der Waals surface area contributed by atoms with Crippen molar-refractivity contribution in [1.29, 1.82) is 0 Å². The molecule has 0 aliphatic heterocycles. The summed E-state index contributed by atoms with van der Waals surface area (Å²) in [6, 6.07) is 9.98. The van der Waals surface area contributed by atoms with Crippen LogP contribution in [0.4, 0.5) is 10.1 Å². The van der Waals surface area contributed by atoms with Crippen LogP contribution in [-0.2, 0) is 0 Å². The average molecular weight is 305 g/mol. The van der Waals surface area contributed by atoms with Crippen molar-refractivity contribution < 1.29 is 9.18 Å². The molecule has 3 aromatic rings. The lowest BCUT2D eigenvalue weighted by atomic mass is 10.2. The minimum absolute atomic E-state index is 0.250. The number of aromatic nitrogens is 2. The van der Waals surface area contributed by atoms with Gasteiger partial charge in [0.25, 0.3) is 5.91 Å². The largest absolute Gasteiger partial charge is 0.349 e. The van der Waals surface area contributed by atoms with Gasteiger partial charge in [-0.05, 0) is 18.2 Å². The first-order valence-electron chi connectivity index (χ1n) is 6.09. The summed E-state index contributed by atoms with van der Waals surface area (Å²) in [7, 11) is 0. The van der Waals surface area contributed by atoms with Gasteiger partial charge in [-0.25, -0.2) is 4.98 Å². The smallest absolute Gasteiger partial charge is 0.287 e. The molecular formula is C14H10ClFN4O. The number of halogens is 2. The molecule has 0 unspecified atom stereocenters. The molecule has 2 heterocycles. The van der Waals surface area contributed by atoms with E-state index < -0.39 is 11.9 Å². The molecule has 106 valence electrons. The van der Waals surface area contributed by atoms with Crippen LogP contribution in [0, 0.1) is 5.95 Å². The van der Waals surface area contributed by atoms with E-state index in [4.69, 9.17) is 11.6 Å². The second-order valence-corrected chi connectivity index (χ2v) is 4.69.